The zero-order valence-corrected chi connectivity index (χ0v) is 9.15. The monoisotopic (exact) mass is 212 g/mol. The van der Waals surface area contributed by atoms with Crippen molar-refractivity contribution in [1.82, 2.24) is 10.2 Å². The van der Waals surface area contributed by atoms with Crippen molar-refractivity contribution in [3.63, 3.8) is 0 Å². The van der Waals surface area contributed by atoms with Crippen LogP contribution in [-0.2, 0) is 9.47 Å². The summed E-state index contributed by atoms with van der Waals surface area (Å²) in [4.78, 5) is 2.59. The summed E-state index contributed by atoms with van der Waals surface area (Å²) in [7, 11) is 0. The van der Waals surface area contributed by atoms with Gasteiger partial charge in [-0.15, -0.1) is 0 Å². The Morgan fingerprint density at radius 3 is 3.00 bits per heavy atom. The van der Waals surface area contributed by atoms with Crippen LogP contribution in [0.3, 0.4) is 0 Å². The Hall–Kier alpha value is -0.160. The zero-order chi connectivity index (χ0) is 10.1. The first kappa shape index (κ1) is 10.0. The summed E-state index contributed by atoms with van der Waals surface area (Å²) in [5.74, 6) is 0. The van der Waals surface area contributed by atoms with Crippen molar-refractivity contribution >= 4 is 0 Å². The van der Waals surface area contributed by atoms with Crippen molar-refractivity contribution < 1.29 is 9.47 Å². The molecule has 0 bridgehead atoms. The molecule has 4 nitrogen and oxygen atoms in total. The van der Waals surface area contributed by atoms with Crippen LogP contribution >= 0.6 is 0 Å². The summed E-state index contributed by atoms with van der Waals surface area (Å²) in [6.45, 7) is 6.06. The zero-order valence-electron chi connectivity index (χ0n) is 9.15. The van der Waals surface area contributed by atoms with E-state index in [9.17, 15) is 0 Å². The molecule has 3 saturated heterocycles. The molecule has 0 aromatic carbocycles. The smallest absolute Gasteiger partial charge is 0.0827 e. The lowest BCUT2D eigenvalue weighted by atomic mass is 10.1. The minimum Gasteiger partial charge on any atom is -0.378 e. The Labute approximate surface area is 90.9 Å². The van der Waals surface area contributed by atoms with Gasteiger partial charge in [0, 0.05) is 19.1 Å². The molecule has 0 aromatic heterocycles. The molecule has 3 aliphatic rings. The van der Waals surface area contributed by atoms with Gasteiger partial charge in [-0.2, -0.15) is 0 Å². The van der Waals surface area contributed by atoms with Gasteiger partial charge in [0.25, 0.3) is 0 Å². The van der Waals surface area contributed by atoms with E-state index in [1.165, 1.54) is 19.4 Å². The van der Waals surface area contributed by atoms with E-state index in [0.29, 0.717) is 18.2 Å². The number of hydrogen-bond donors (Lipinski definition) is 1. The highest BCUT2D eigenvalue weighted by atomic mass is 16.5. The van der Waals surface area contributed by atoms with E-state index in [-0.39, 0.29) is 0 Å². The first-order chi connectivity index (χ1) is 7.42. The molecule has 3 rings (SSSR count). The summed E-state index contributed by atoms with van der Waals surface area (Å²) < 4.78 is 11.0. The fraction of sp³-hybridized carbons (Fsp3) is 1.00. The molecule has 15 heavy (non-hydrogen) atoms. The van der Waals surface area contributed by atoms with Gasteiger partial charge in [0.05, 0.1) is 32.0 Å². The lowest BCUT2D eigenvalue weighted by Crippen LogP contribution is -2.53. The van der Waals surface area contributed by atoms with Crippen LogP contribution in [0.15, 0.2) is 0 Å². The molecular weight excluding hydrogens is 192 g/mol. The number of rotatable bonds is 3. The number of fused-ring (bicyclic) bond motifs is 1. The van der Waals surface area contributed by atoms with Gasteiger partial charge in [0.1, 0.15) is 0 Å². The van der Waals surface area contributed by atoms with Gasteiger partial charge in [-0.3, -0.25) is 4.90 Å². The minimum atomic E-state index is 0.389. The fourth-order valence-electron chi connectivity index (χ4n) is 2.66. The van der Waals surface area contributed by atoms with Crippen molar-refractivity contribution in [2.45, 2.75) is 31.0 Å². The Morgan fingerprint density at radius 1 is 1.27 bits per heavy atom. The SMILES string of the molecule is C1CC2COC(CNC3COC3)CN2C1. The van der Waals surface area contributed by atoms with Crippen molar-refractivity contribution in [2.75, 3.05) is 39.5 Å². The summed E-state index contributed by atoms with van der Waals surface area (Å²) >= 11 is 0. The van der Waals surface area contributed by atoms with Crippen LogP contribution in [0.4, 0.5) is 0 Å². The highest BCUT2D eigenvalue weighted by Gasteiger charge is 2.32. The number of nitrogens with zero attached hydrogens (tertiary/aromatic N) is 1. The molecule has 0 radical (unpaired) electrons. The average Bonchev–Trinajstić information content (AvgIpc) is 2.62. The molecule has 0 amide bonds. The Balaban J connectivity index is 1.42. The molecule has 3 heterocycles. The largest absolute Gasteiger partial charge is 0.378 e. The van der Waals surface area contributed by atoms with E-state index in [4.69, 9.17) is 9.47 Å². The van der Waals surface area contributed by atoms with Crippen LogP contribution in [0.5, 0.6) is 0 Å². The topological polar surface area (TPSA) is 33.7 Å². The second kappa shape index (κ2) is 4.37. The highest BCUT2D eigenvalue weighted by Crippen LogP contribution is 2.22. The number of nitrogens with one attached hydrogen (secondary N) is 1. The molecule has 3 fully saturated rings. The first-order valence-electron chi connectivity index (χ1n) is 6.08. The third-order valence-corrected chi connectivity index (χ3v) is 3.73. The molecule has 2 unspecified atom stereocenters. The minimum absolute atomic E-state index is 0.389. The van der Waals surface area contributed by atoms with E-state index >= 15 is 0 Å². The predicted octanol–water partition coefficient (Wildman–Crippen LogP) is -0.162. The lowest BCUT2D eigenvalue weighted by Gasteiger charge is -2.36. The van der Waals surface area contributed by atoms with Crippen molar-refractivity contribution in [1.29, 1.82) is 0 Å². The van der Waals surface area contributed by atoms with Gasteiger partial charge in [-0.1, -0.05) is 0 Å². The summed E-state index contributed by atoms with van der Waals surface area (Å²) in [5, 5.41) is 3.49. The molecule has 0 aliphatic carbocycles. The van der Waals surface area contributed by atoms with E-state index in [1.54, 1.807) is 0 Å². The average molecular weight is 212 g/mol. The second-order valence-corrected chi connectivity index (χ2v) is 4.89. The van der Waals surface area contributed by atoms with E-state index in [1.807, 2.05) is 0 Å². The van der Waals surface area contributed by atoms with Crippen molar-refractivity contribution in [3.8, 4) is 0 Å². The normalized spacial score (nSPS) is 37.6. The van der Waals surface area contributed by atoms with E-state index in [0.717, 1.165) is 32.9 Å². The molecule has 2 atom stereocenters. The van der Waals surface area contributed by atoms with Crippen LogP contribution in [0, 0.1) is 0 Å². The van der Waals surface area contributed by atoms with E-state index in [2.05, 4.69) is 10.2 Å². The Bertz CT molecular complexity index is 221. The summed E-state index contributed by atoms with van der Waals surface area (Å²) in [6, 6.07) is 1.29. The third-order valence-electron chi connectivity index (χ3n) is 3.73. The van der Waals surface area contributed by atoms with Gasteiger partial charge in [-0.25, -0.2) is 0 Å². The molecule has 0 spiro atoms. The highest BCUT2D eigenvalue weighted by molar-refractivity contribution is 4.86. The fourth-order valence-corrected chi connectivity index (χ4v) is 2.66. The first-order valence-corrected chi connectivity index (χ1v) is 6.08. The van der Waals surface area contributed by atoms with E-state index < -0.39 is 0 Å². The maximum atomic E-state index is 5.87. The van der Waals surface area contributed by atoms with Gasteiger partial charge in [0.15, 0.2) is 0 Å². The van der Waals surface area contributed by atoms with Crippen molar-refractivity contribution in [3.05, 3.63) is 0 Å². The quantitative estimate of drug-likeness (QED) is 0.705. The molecule has 4 heteroatoms. The molecule has 1 N–H and O–H groups in total. The number of ether oxygens (including phenoxy) is 2. The maximum Gasteiger partial charge on any atom is 0.0827 e. The number of hydrogen-bond acceptors (Lipinski definition) is 4. The standard InChI is InChI=1S/C11H20N2O2/c1-2-10-8-15-11(5-13(10)3-1)4-12-9-6-14-7-9/h9-12H,1-8H2. The van der Waals surface area contributed by atoms with Crippen LogP contribution in [0.1, 0.15) is 12.8 Å². The molecule has 0 saturated carbocycles. The predicted molar refractivity (Wildman–Crippen MR) is 56.9 cm³/mol. The Kier molecular flexibility index (Phi) is 2.92. The van der Waals surface area contributed by atoms with Crippen LogP contribution < -0.4 is 5.32 Å². The Morgan fingerprint density at radius 2 is 2.20 bits per heavy atom. The van der Waals surface area contributed by atoms with Gasteiger partial charge < -0.3 is 14.8 Å². The van der Waals surface area contributed by atoms with Gasteiger partial charge in [-0.05, 0) is 19.4 Å². The second-order valence-electron chi connectivity index (χ2n) is 4.89. The van der Waals surface area contributed by atoms with Crippen LogP contribution in [0.25, 0.3) is 0 Å². The van der Waals surface area contributed by atoms with Crippen LogP contribution in [0.2, 0.25) is 0 Å². The van der Waals surface area contributed by atoms with Crippen LogP contribution in [-0.4, -0.2) is 62.5 Å². The number of morpholine rings is 1. The lowest BCUT2D eigenvalue weighted by molar-refractivity contribution is -0.0581. The van der Waals surface area contributed by atoms with Gasteiger partial charge in [0.2, 0.25) is 0 Å². The van der Waals surface area contributed by atoms with Crippen molar-refractivity contribution in [2.24, 2.45) is 0 Å². The summed E-state index contributed by atoms with van der Waals surface area (Å²) in [5.41, 5.74) is 0. The maximum absolute atomic E-state index is 5.87. The summed E-state index contributed by atoms with van der Waals surface area (Å²) in [6.07, 6.45) is 3.07. The molecule has 86 valence electrons. The van der Waals surface area contributed by atoms with Gasteiger partial charge >= 0.3 is 0 Å². The molecule has 3 aliphatic heterocycles. The molecule has 0 aromatic rings. The molecular formula is C11H20N2O2. The third kappa shape index (κ3) is 2.18.